The van der Waals surface area contributed by atoms with Crippen LogP contribution in [0.2, 0.25) is 0 Å². The maximum Gasteiger partial charge on any atom is 0.0761 e. The Morgan fingerprint density at radius 1 is 1.31 bits per heavy atom. The van der Waals surface area contributed by atoms with Crippen LogP contribution in [0.5, 0.6) is 0 Å². The van der Waals surface area contributed by atoms with Crippen LogP contribution in [0, 0.1) is 0 Å². The first kappa shape index (κ1) is 13.0. The van der Waals surface area contributed by atoms with Crippen molar-refractivity contribution in [1.82, 2.24) is 0 Å². The number of benzene rings is 1. The first-order chi connectivity index (χ1) is 7.65. The van der Waals surface area contributed by atoms with Crippen molar-refractivity contribution in [2.45, 2.75) is 20.0 Å². The normalized spacial score (nSPS) is 12.5. The van der Waals surface area contributed by atoms with Crippen LogP contribution in [0.3, 0.4) is 0 Å². The predicted octanol–water partition coefficient (Wildman–Crippen LogP) is 2.21. The largest absolute Gasteiger partial charge is 0.389 e. The number of hydrogen-bond acceptors (Lipinski definition) is 3. The molecule has 90 valence electrons. The summed E-state index contributed by atoms with van der Waals surface area (Å²) in [5.41, 5.74) is 2.09. The molecule has 0 aliphatic carbocycles. The Balaban J connectivity index is 2.52. The average molecular weight is 223 g/mol. The van der Waals surface area contributed by atoms with Gasteiger partial charge in [0.05, 0.1) is 12.7 Å². The Bertz CT molecular complexity index is 295. The molecule has 0 aliphatic heterocycles. The van der Waals surface area contributed by atoms with Crippen LogP contribution in [0.4, 0.5) is 5.69 Å². The Morgan fingerprint density at radius 3 is 2.44 bits per heavy atom. The maximum atomic E-state index is 9.39. The van der Waals surface area contributed by atoms with Gasteiger partial charge in [-0.3, -0.25) is 0 Å². The summed E-state index contributed by atoms with van der Waals surface area (Å²) >= 11 is 0. The molecule has 0 amide bonds. The number of hydrogen-bond donors (Lipinski definition) is 1. The van der Waals surface area contributed by atoms with Crippen LogP contribution in [0.1, 0.15) is 25.5 Å². The molecule has 0 fully saturated rings. The topological polar surface area (TPSA) is 32.7 Å². The molecule has 1 rings (SSSR count). The van der Waals surface area contributed by atoms with Crippen LogP contribution in [-0.4, -0.2) is 31.9 Å². The van der Waals surface area contributed by atoms with Crippen molar-refractivity contribution in [3.63, 3.8) is 0 Å². The Hall–Kier alpha value is -1.06. The highest BCUT2D eigenvalue weighted by atomic mass is 16.5. The van der Waals surface area contributed by atoms with E-state index in [2.05, 4.69) is 4.90 Å². The summed E-state index contributed by atoms with van der Waals surface area (Å²) in [6, 6.07) is 7.95. The highest BCUT2D eigenvalue weighted by Gasteiger charge is 2.03. The molecular weight excluding hydrogens is 202 g/mol. The molecule has 0 radical (unpaired) electrons. The van der Waals surface area contributed by atoms with Gasteiger partial charge in [0, 0.05) is 25.9 Å². The quantitative estimate of drug-likeness (QED) is 0.751. The zero-order chi connectivity index (χ0) is 12.0. The van der Waals surface area contributed by atoms with Crippen LogP contribution in [0.15, 0.2) is 24.3 Å². The van der Waals surface area contributed by atoms with Crippen molar-refractivity contribution in [2.75, 3.05) is 31.7 Å². The van der Waals surface area contributed by atoms with Gasteiger partial charge in [0.15, 0.2) is 0 Å². The van der Waals surface area contributed by atoms with Gasteiger partial charge in [0.2, 0.25) is 0 Å². The highest BCUT2D eigenvalue weighted by molar-refractivity contribution is 5.47. The third kappa shape index (κ3) is 3.83. The maximum absolute atomic E-state index is 9.39. The molecule has 1 N–H and O–H groups in total. The summed E-state index contributed by atoms with van der Waals surface area (Å²) in [5, 5.41) is 9.39. The van der Waals surface area contributed by atoms with Gasteiger partial charge < -0.3 is 14.7 Å². The first-order valence-corrected chi connectivity index (χ1v) is 5.72. The van der Waals surface area contributed by atoms with E-state index < -0.39 is 6.10 Å². The average Bonchev–Trinajstić information content (AvgIpc) is 2.29. The number of ether oxygens (including phenoxy) is 1. The summed E-state index contributed by atoms with van der Waals surface area (Å²) in [4.78, 5) is 2.14. The molecule has 16 heavy (non-hydrogen) atoms. The van der Waals surface area contributed by atoms with Crippen LogP contribution >= 0.6 is 0 Å². The van der Waals surface area contributed by atoms with Crippen molar-refractivity contribution >= 4 is 5.69 Å². The number of aliphatic hydroxyl groups is 1. The standard InChI is InChI=1S/C13H21NO2/c1-4-16-10-9-14(3)13-7-5-12(6-8-13)11(2)15/h5-8,11,15H,4,9-10H2,1-3H3/t11-/m0/s1. The smallest absolute Gasteiger partial charge is 0.0761 e. The molecule has 1 atom stereocenters. The van der Waals surface area contributed by atoms with E-state index in [0.717, 1.165) is 31.0 Å². The second kappa shape index (κ2) is 6.51. The van der Waals surface area contributed by atoms with Gasteiger partial charge in [-0.05, 0) is 31.5 Å². The van der Waals surface area contributed by atoms with Crippen LogP contribution in [0.25, 0.3) is 0 Å². The van der Waals surface area contributed by atoms with Crippen LogP contribution < -0.4 is 4.90 Å². The molecule has 1 aromatic carbocycles. The monoisotopic (exact) mass is 223 g/mol. The minimum absolute atomic E-state index is 0.400. The van der Waals surface area contributed by atoms with Gasteiger partial charge in [-0.25, -0.2) is 0 Å². The van der Waals surface area contributed by atoms with Crippen molar-refractivity contribution in [2.24, 2.45) is 0 Å². The zero-order valence-corrected chi connectivity index (χ0v) is 10.3. The number of nitrogens with zero attached hydrogens (tertiary/aromatic N) is 1. The molecule has 0 spiro atoms. The fourth-order valence-corrected chi connectivity index (χ4v) is 1.48. The Morgan fingerprint density at radius 2 is 1.94 bits per heavy atom. The molecule has 0 saturated heterocycles. The molecular formula is C13H21NO2. The number of rotatable bonds is 6. The predicted molar refractivity (Wildman–Crippen MR) is 66.8 cm³/mol. The van der Waals surface area contributed by atoms with E-state index in [1.807, 2.05) is 38.2 Å². The van der Waals surface area contributed by atoms with E-state index in [1.54, 1.807) is 6.92 Å². The summed E-state index contributed by atoms with van der Waals surface area (Å²) in [6.07, 6.45) is -0.400. The third-order valence-electron chi connectivity index (χ3n) is 2.59. The van der Waals surface area contributed by atoms with Crippen LogP contribution in [-0.2, 0) is 4.74 Å². The molecule has 0 saturated carbocycles. The summed E-state index contributed by atoms with van der Waals surface area (Å²) < 4.78 is 5.31. The van der Waals surface area contributed by atoms with E-state index >= 15 is 0 Å². The van der Waals surface area contributed by atoms with E-state index in [-0.39, 0.29) is 0 Å². The summed E-state index contributed by atoms with van der Waals surface area (Å²) in [6.45, 7) is 6.15. The lowest BCUT2D eigenvalue weighted by atomic mass is 10.1. The lowest BCUT2D eigenvalue weighted by molar-refractivity contribution is 0.154. The van der Waals surface area contributed by atoms with Gasteiger partial charge in [0.25, 0.3) is 0 Å². The second-order valence-corrected chi connectivity index (χ2v) is 3.89. The Labute approximate surface area is 97.7 Å². The second-order valence-electron chi connectivity index (χ2n) is 3.89. The van der Waals surface area contributed by atoms with Crippen molar-refractivity contribution < 1.29 is 9.84 Å². The van der Waals surface area contributed by atoms with Gasteiger partial charge >= 0.3 is 0 Å². The molecule has 0 aromatic heterocycles. The molecule has 3 heteroatoms. The van der Waals surface area contributed by atoms with E-state index in [9.17, 15) is 5.11 Å². The summed E-state index contributed by atoms with van der Waals surface area (Å²) in [5.74, 6) is 0. The van der Waals surface area contributed by atoms with Gasteiger partial charge in [-0.15, -0.1) is 0 Å². The fraction of sp³-hybridized carbons (Fsp3) is 0.538. The van der Waals surface area contributed by atoms with Gasteiger partial charge in [-0.2, -0.15) is 0 Å². The minimum Gasteiger partial charge on any atom is -0.389 e. The highest BCUT2D eigenvalue weighted by Crippen LogP contribution is 2.17. The van der Waals surface area contributed by atoms with E-state index in [4.69, 9.17) is 4.74 Å². The summed E-state index contributed by atoms with van der Waals surface area (Å²) in [7, 11) is 2.04. The fourth-order valence-electron chi connectivity index (χ4n) is 1.48. The van der Waals surface area contributed by atoms with Gasteiger partial charge in [-0.1, -0.05) is 12.1 Å². The SMILES string of the molecule is CCOCCN(C)c1ccc([C@H](C)O)cc1. The van der Waals surface area contributed by atoms with E-state index in [1.165, 1.54) is 0 Å². The van der Waals surface area contributed by atoms with Crippen molar-refractivity contribution in [3.05, 3.63) is 29.8 Å². The number of aliphatic hydroxyl groups excluding tert-OH is 1. The molecule has 0 unspecified atom stereocenters. The molecule has 1 aromatic rings. The third-order valence-corrected chi connectivity index (χ3v) is 2.59. The first-order valence-electron chi connectivity index (χ1n) is 5.72. The van der Waals surface area contributed by atoms with Gasteiger partial charge in [0.1, 0.15) is 0 Å². The number of anilines is 1. The van der Waals surface area contributed by atoms with Crippen molar-refractivity contribution in [3.8, 4) is 0 Å². The zero-order valence-electron chi connectivity index (χ0n) is 10.3. The van der Waals surface area contributed by atoms with Crippen molar-refractivity contribution in [1.29, 1.82) is 0 Å². The minimum atomic E-state index is -0.400. The molecule has 3 nitrogen and oxygen atoms in total. The molecule has 0 heterocycles. The molecule has 0 aliphatic rings. The van der Waals surface area contributed by atoms with E-state index in [0.29, 0.717) is 0 Å². The number of likely N-dealkylation sites (N-methyl/N-ethyl adjacent to an activating group) is 1. The molecule has 0 bridgehead atoms. The lowest BCUT2D eigenvalue weighted by Crippen LogP contribution is -2.22. The lowest BCUT2D eigenvalue weighted by Gasteiger charge is -2.19. The Kier molecular flexibility index (Phi) is 5.29.